The molecule has 2 nitrogen and oxygen atoms in total. The van der Waals surface area contributed by atoms with E-state index in [9.17, 15) is 0 Å². The van der Waals surface area contributed by atoms with E-state index in [0.717, 1.165) is 59.9 Å². The second kappa shape index (κ2) is 9.15. The first kappa shape index (κ1) is 27.9. The number of epoxide rings is 1. The lowest BCUT2D eigenvalue weighted by atomic mass is 9.41. The van der Waals surface area contributed by atoms with Gasteiger partial charge in [0.25, 0.3) is 0 Å². The zero-order chi connectivity index (χ0) is 29.9. The minimum absolute atomic E-state index is 0.0688. The van der Waals surface area contributed by atoms with Crippen molar-refractivity contribution in [2.45, 2.75) is 165 Å². The summed E-state index contributed by atoms with van der Waals surface area (Å²) in [6, 6.07) is 5.36. The largest absolute Gasteiger partial charge is 0.487 e. The third-order valence-corrected chi connectivity index (χ3v) is 16.7. The highest BCUT2D eigenvalue weighted by Crippen LogP contribution is 2.70. The van der Waals surface area contributed by atoms with Gasteiger partial charge in [0.05, 0.1) is 6.61 Å². The summed E-state index contributed by atoms with van der Waals surface area (Å²) in [6.45, 7) is 8.07. The van der Waals surface area contributed by atoms with Crippen LogP contribution in [0, 0.1) is 58.7 Å². The molecule has 2 atom stereocenters. The summed E-state index contributed by atoms with van der Waals surface area (Å²) in [7, 11) is 0. The molecule has 12 bridgehead atoms. The molecular weight excluding hydrogens is 548 g/mol. The van der Waals surface area contributed by atoms with Gasteiger partial charge in [-0.2, -0.15) is 0 Å². The average molecular weight is 609 g/mol. The molecule has 1 aromatic carbocycles. The zero-order valence-electron chi connectivity index (χ0n) is 28.8. The predicted octanol–water partition coefficient (Wildman–Crippen LogP) is 10.3. The van der Waals surface area contributed by atoms with Gasteiger partial charge in [0.15, 0.2) is 0 Å². The van der Waals surface area contributed by atoms with Crippen LogP contribution >= 0.6 is 0 Å². The van der Waals surface area contributed by atoms with Gasteiger partial charge in [-0.15, -0.1) is 0 Å². The molecule has 13 aliphatic rings. The average Bonchev–Trinajstić information content (AvgIpc) is 3.78. The maximum Gasteiger partial charge on any atom is 0.132 e. The monoisotopic (exact) mass is 608 g/mol. The van der Waals surface area contributed by atoms with E-state index in [4.69, 9.17) is 9.47 Å². The molecule has 1 aromatic rings. The summed E-state index contributed by atoms with van der Waals surface area (Å²) in [5.74, 6) is 10.2. The molecule has 0 N–H and O–H groups in total. The number of ether oxygens (including phenoxy) is 2. The van der Waals surface area contributed by atoms with E-state index < -0.39 is 0 Å². The van der Waals surface area contributed by atoms with Crippen LogP contribution in [0.2, 0.25) is 0 Å². The van der Waals surface area contributed by atoms with Crippen LogP contribution in [0.15, 0.2) is 12.1 Å². The molecule has 0 amide bonds. The maximum atomic E-state index is 7.58. The van der Waals surface area contributed by atoms with Crippen molar-refractivity contribution in [3.05, 3.63) is 28.8 Å². The Morgan fingerprint density at radius 2 is 0.911 bits per heavy atom. The van der Waals surface area contributed by atoms with Gasteiger partial charge in [-0.1, -0.05) is 26.8 Å². The van der Waals surface area contributed by atoms with Crippen molar-refractivity contribution in [2.24, 2.45) is 58.7 Å². The van der Waals surface area contributed by atoms with Gasteiger partial charge in [0.2, 0.25) is 0 Å². The zero-order valence-corrected chi connectivity index (χ0v) is 28.8. The molecular formula is C43H60O2. The van der Waals surface area contributed by atoms with Crippen molar-refractivity contribution in [1.29, 1.82) is 0 Å². The first-order valence-corrected chi connectivity index (χ1v) is 20.1. The molecule has 1 heterocycles. The van der Waals surface area contributed by atoms with Gasteiger partial charge in [-0.25, -0.2) is 0 Å². The first-order chi connectivity index (χ1) is 21.6. The molecule has 12 aliphatic carbocycles. The fourth-order valence-corrected chi connectivity index (χ4v) is 16.7. The van der Waals surface area contributed by atoms with Gasteiger partial charge in [0, 0.05) is 16.4 Å². The van der Waals surface area contributed by atoms with Gasteiger partial charge in [-0.3, -0.25) is 0 Å². The molecule has 1 aliphatic heterocycles. The number of rotatable bonds is 6. The second-order valence-electron chi connectivity index (χ2n) is 21.2. The standard InChI is InChI=1S/C43H60O2/c1-40(2,3)39(36-24-44-36)45-35-5-4-34(41-15-25-6-26(16-41)8-27(7-25)17-41)37(42-18-28-9-29(19-42)11-30(10-28)20-42)38(35)43-21-31-12-32(22-43)14-33(13-31)23-43/h4-5,25-33,36,39H,6-24H2,1-3H3. The van der Waals surface area contributed by atoms with Crippen molar-refractivity contribution in [3.8, 4) is 5.75 Å². The minimum atomic E-state index is 0.0688. The summed E-state index contributed by atoms with van der Waals surface area (Å²) < 4.78 is 13.6. The van der Waals surface area contributed by atoms with Gasteiger partial charge < -0.3 is 9.47 Å². The molecule has 1 saturated heterocycles. The summed E-state index contributed by atoms with van der Waals surface area (Å²) in [6.07, 6.45) is 27.6. The normalized spacial score (nSPS) is 52.1. The van der Waals surface area contributed by atoms with Gasteiger partial charge >= 0.3 is 0 Å². The smallest absolute Gasteiger partial charge is 0.132 e. The Labute approximate surface area is 273 Å². The Hall–Kier alpha value is -1.02. The Bertz CT molecular complexity index is 1280. The van der Waals surface area contributed by atoms with Crippen molar-refractivity contribution in [2.75, 3.05) is 6.61 Å². The lowest BCUT2D eigenvalue weighted by Crippen LogP contribution is -2.55. The maximum absolute atomic E-state index is 7.58. The van der Waals surface area contributed by atoms with E-state index in [2.05, 4.69) is 32.9 Å². The summed E-state index contributed by atoms with van der Waals surface area (Å²) in [5, 5.41) is 0. The quantitative estimate of drug-likeness (QED) is 0.300. The Morgan fingerprint density at radius 1 is 0.556 bits per heavy atom. The van der Waals surface area contributed by atoms with Gasteiger partial charge in [0.1, 0.15) is 18.0 Å². The van der Waals surface area contributed by atoms with Crippen molar-refractivity contribution < 1.29 is 9.47 Å². The molecule has 2 heteroatoms. The fraction of sp³-hybridized carbons (Fsp3) is 0.860. The van der Waals surface area contributed by atoms with Crippen LogP contribution in [0.25, 0.3) is 0 Å². The lowest BCUT2D eigenvalue weighted by Gasteiger charge is -2.63. The van der Waals surface area contributed by atoms with Crippen LogP contribution in [-0.4, -0.2) is 18.8 Å². The highest BCUT2D eigenvalue weighted by Gasteiger charge is 2.61. The molecule has 45 heavy (non-hydrogen) atoms. The van der Waals surface area contributed by atoms with E-state index in [1.807, 2.05) is 16.7 Å². The summed E-state index contributed by atoms with van der Waals surface area (Å²) in [5.41, 5.74) is 7.02. The Balaban J connectivity index is 1.16. The highest BCUT2D eigenvalue weighted by atomic mass is 16.6. The third-order valence-electron chi connectivity index (χ3n) is 16.7. The molecule has 2 unspecified atom stereocenters. The van der Waals surface area contributed by atoms with Crippen LogP contribution in [0.1, 0.15) is 153 Å². The van der Waals surface area contributed by atoms with E-state index >= 15 is 0 Å². The van der Waals surface area contributed by atoms with E-state index in [-0.39, 0.29) is 17.6 Å². The van der Waals surface area contributed by atoms with E-state index in [1.165, 1.54) is 82.8 Å². The van der Waals surface area contributed by atoms with Crippen LogP contribution in [0.5, 0.6) is 5.75 Å². The SMILES string of the molecule is CC(C)(C)C(Oc1ccc(C23CC4CC(CC(C4)C2)C3)c(C23CC4CC(CC(C4)C2)C3)c1C12CC3CC(CC(C3)C1)C2)C1CO1. The van der Waals surface area contributed by atoms with E-state index in [0.29, 0.717) is 16.2 Å². The third kappa shape index (κ3) is 4.14. The van der Waals surface area contributed by atoms with Crippen LogP contribution in [0.3, 0.4) is 0 Å². The molecule has 0 spiro atoms. The lowest BCUT2D eigenvalue weighted by molar-refractivity contribution is -0.0263. The summed E-state index contributed by atoms with van der Waals surface area (Å²) in [4.78, 5) is 0. The van der Waals surface area contributed by atoms with Crippen molar-refractivity contribution >= 4 is 0 Å². The molecule has 12 saturated carbocycles. The van der Waals surface area contributed by atoms with Crippen molar-refractivity contribution in [3.63, 3.8) is 0 Å². The molecule has 244 valence electrons. The second-order valence-corrected chi connectivity index (χ2v) is 21.2. The molecule has 0 aromatic heterocycles. The molecule has 0 radical (unpaired) electrons. The Morgan fingerprint density at radius 3 is 1.27 bits per heavy atom. The van der Waals surface area contributed by atoms with Gasteiger partial charge in [-0.05, 0) is 197 Å². The van der Waals surface area contributed by atoms with Crippen LogP contribution in [0.4, 0.5) is 0 Å². The summed E-state index contributed by atoms with van der Waals surface area (Å²) >= 11 is 0. The topological polar surface area (TPSA) is 21.8 Å². The molecule has 13 fully saturated rings. The number of hydrogen-bond donors (Lipinski definition) is 0. The Kier molecular flexibility index (Phi) is 5.67. The van der Waals surface area contributed by atoms with E-state index in [1.54, 1.807) is 38.5 Å². The first-order valence-electron chi connectivity index (χ1n) is 20.1. The number of benzene rings is 1. The molecule has 14 rings (SSSR count). The van der Waals surface area contributed by atoms with Crippen LogP contribution in [-0.2, 0) is 21.0 Å². The number of hydrogen-bond acceptors (Lipinski definition) is 2. The minimum Gasteiger partial charge on any atom is -0.487 e. The van der Waals surface area contributed by atoms with Crippen molar-refractivity contribution in [1.82, 2.24) is 0 Å². The fourth-order valence-electron chi connectivity index (χ4n) is 16.7. The predicted molar refractivity (Wildman–Crippen MR) is 180 cm³/mol. The van der Waals surface area contributed by atoms with Crippen LogP contribution < -0.4 is 4.74 Å². The highest BCUT2D eigenvalue weighted by molar-refractivity contribution is 5.58.